The van der Waals surface area contributed by atoms with Crippen molar-refractivity contribution in [2.24, 2.45) is 0 Å². The van der Waals surface area contributed by atoms with Gasteiger partial charge in [-0.25, -0.2) is 4.98 Å². The molecule has 1 aromatic carbocycles. The number of nitrogens with one attached hydrogen (secondary N) is 1. The van der Waals surface area contributed by atoms with Gasteiger partial charge >= 0.3 is 6.36 Å². The molecule has 0 fully saturated rings. The number of nitrogens with zero attached hydrogens (tertiary/aromatic N) is 1. The van der Waals surface area contributed by atoms with Gasteiger partial charge in [0.1, 0.15) is 5.75 Å². The van der Waals surface area contributed by atoms with E-state index in [0.717, 1.165) is 11.4 Å². The first-order valence-corrected chi connectivity index (χ1v) is 6.85. The van der Waals surface area contributed by atoms with Crippen LogP contribution >= 0.6 is 11.3 Å². The lowest BCUT2D eigenvalue weighted by Crippen LogP contribution is -2.21. The second kappa shape index (κ2) is 6.71. The third-order valence-electron chi connectivity index (χ3n) is 2.51. The molecule has 0 aliphatic heterocycles. The van der Waals surface area contributed by atoms with E-state index in [9.17, 15) is 13.2 Å². The summed E-state index contributed by atoms with van der Waals surface area (Å²) in [5.41, 5.74) is 0.476. The van der Waals surface area contributed by atoms with Crippen LogP contribution in [-0.2, 0) is 13.0 Å². The quantitative estimate of drug-likeness (QED) is 0.831. The molecule has 1 N–H and O–H groups in total. The van der Waals surface area contributed by atoms with Crippen LogP contribution in [0.25, 0.3) is 0 Å². The van der Waals surface area contributed by atoms with Crippen LogP contribution in [0.5, 0.6) is 5.75 Å². The zero-order valence-corrected chi connectivity index (χ0v) is 11.3. The van der Waals surface area contributed by atoms with Crippen molar-refractivity contribution in [3.63, 3.8) is 0 Å². The number of rotatable bonds is 6. The Bertz CT molecular complexity index is 529. The monoisotopic (exact) mass is 302 g/mol. The summed E-state index contributed by atoms with van der Waals surface area (Å²) in [7, 11) is 0. The van der Waals surface area contributed by atoms with Crippen LogP contribution in [0.2, 0.25) is 0 Å². The molecule has 108 valence electrons. The molecule has 0 amide bonds. The van der Waals surface area contributed by atoms with Gasteiger partial charge in [-0.05, 0) is 6.07 Å². The summed E-state index contributed by atoms with van der Waals surface area (Å²) in [6.45, 7) is 0.964. The number of hydrogen-bond acceptors (Lipinski definition) is 4. The lowest BCUT2D eigenvalue weighted by atomic mass is 10.2. The molecular formula is C13H13F3N2OS. The third kappa shape index (κ3) is 4.82. The first-order chi connectivity index (χ1) is 9.54. The first-order valence-electron chi connectivity index (χ1n) is 5.97. The second-order valence-electron chi connectivity index (χ2n) is 4.01. The molecule has 0 saturated carbocycles. The maximum absolute atomic E-state index is 12.2. The van der Waals surface area contributed by atoms with Crippen molar-refractivity contribution >= 4 is 11.3 Å². The first kappa shape index (κ1) is 14.8. The molecule has 0 radical (unpaired) electrons. The fourth-order valence-corrected chi connectivity index (χ4v) is 2.29. The smallest absolute Gasteiger partial charge is 0.405 e. The largest absolute Gasteiger partial charge is 0.573 e. The summed E-state index contributed by atoms with van der Waals surface area (Å²) >= 11 is 1.56. The second-order valence-corrected chi connectivity index (χ2v) is 4.99. The topological polar surface area (TPSA) is 34.1 Å². The molecule has 1 aromatic heterocycles. The highest BCUT2D eigenvalue weighted by Crippen LogP contribution is 2.25. The average Bonchev–Trinajstić information content (AvgIpc) is 2.88. The van der Waals surface area contributed by atoms with Crippen LogP contribution in [0, 0.1) is 0 Å². The van der Waals surface area contributed by atoms with Crippen molar-refractivity contribution in [2.75, 3.05) is 6.54 Å². The van der Waals surface area contributed by atoms with Crippen molar-refractivity contribution in [3.05, 3.63) is 46.4 Å². The summed E-state index contributed by atoms with van der Waals surface area (Å²) in [4.78, 5) is 4.13. The SMILES string of the molecule is FC(F)(F)Oc1ccccc1CNCCc1nccs1. The molecule has 0 unspecified atom stereocenters. The van der Waals surface area contributed by atoms with E-state index in [1.165, 1.54) is 12.1 Å². The normalized spacial score (nSPS) is 11.6. The van der Waals surface area contributed by atoms with Gasteiger partial charge in [0, 0.05) is 36.7 Å². The summed E-state index contributed by atoms with van der Waals surface area (Å²) in [6, 6.07) is 6.12. The molecule has 2 aromatic rings. The minimum atomic E-state index is -4.67. The molecule has 0 bridgehead atoms. The fraction of sp³-hybridized carbons (Fsp3) is 0.308. The Morgan fingerprint density at radius 2 is 2.05 bits per heavy atom. The molecule has 7 heteroatoms. The molecule has 0 spiro atoms. The summed E-state index contributed by atoms with van der Waals surface area (Å²) in [6.07, 6.45) is -2.19. The average molecular weight is 302 g/mol. The van der Waals surface area contributed by atoms with Gasteiger partial charge in [0.15, 0.2) is 0 Å². The highest BCUT2D eigenvalue weighted by Gasteiger charge is 2.31. The number of benzene rings is 1. The number of aromatic nitrogens is 1. The number of thiazole rings is 1. The van der Waals surface area contributed by atoms with Gasteiger partial charge in [-0.3, -0.25) is 0 Å². The summed E-state index contributed by atoms with van der Waals surface area (Å²) in [5.74, 6) is -0.165. The van der Waals surface area contributed by atoms with Gasteiger partial charge in [-0.15, -0.1) is 24.5 Å². The standard InChI is InChI=1S/C13H13F3N2OS/c14-13(15,16)19-11-4-2-1-3-10(11)9-17-6-5-12-18-7-8-20-12/h1-4,7-8,17H,5-6,9H2. The van der Waals surface area contributed by atoms with E-state index in [1.54, 1.807) is 29.7 Å². The van der Waals surface area contributed by atoms with E-state index in [-0.39, 0.29) is 5.75 Å². The molecule has 0 saturated heterocycles. The van der Waals surface area contributed by atoms with E-state index >= 15 is 0 Å². The Kier molecular flexibility index (Phi) is 4.97. The number of hydrogen-bond donors (Lipinski definition) is 1. The van der Waals surface area contributed by atoms with Gasteiger partial charge in [0.2, 0.25) is 0 Å². The molecule has 2 rings (SSSR count). The van der Waals surface area contributed by atoms with Gasteiger partial charge < -0.3 is 10.1 Å². The van der Waals surface area contributed by atoms with Crippen molar-refractivity contribution in [1.29, 1.82) is 0 Å². The minimum Gasteiger partial charge on any atom is -0.405 e. The van der Waals surface area contributed by atoms with E-state index in [0.29, 0.717) is 18.7 Å². The van der Waals surface area contributed by atoms with Gasteiger partial charge in [-0.2, -0.15) is 0 Å². The van der Waals surface area contributed by atoms with Crippen LogP contribution in [0.15, 0.2) is 35.8 Å². The minimum absolute atomic E-state index is 0.165. The lowest BCUT2D eigenvalue weighted by molar-refractivity contribution is -0.274. The Labute approximate surface area is 118 Å². The van der Waals surface area contributed by atoms with Crippen LogP contribution in [0.3, 0.4) is 0 Å². The van der Waals surface area contributed by atoms with Crippen LogP contribution in [0.4, 0.5) is 13.2 Å². The van der Waals surface area contributed by atoms with E-state index in [4.69, 9.17) is 0 Å². The molecule has 0 aliphatic carbocycles. The lowest BCUT2D eigenvalue weighted by Gasteiger charge is -2.13. The van der Waals surface area contributed by atoms with Gasteiger partial charge in [0.05, 0.1) is 5.01 Å². The molecule has 3 nitrogen and oxygen atoms in total. The zero-order valence-electron chi connectivity index (χ0n) is 10.5. The van der Waals surface area contributed by atoms with E-state index in [1.807, 2.05) is 5.38 Å². The zero-order chi connectivity index (χ0) is 14.4. The van der Waals surface area contributed by atoms with Gasteiger partial charge in [-0.1, -0.05) is 18.2 Å². The Balaban J connectivity index is 1.86. The predicted octanol–water partition coefficient (Wildman–Crippen LogP) is 3.37. The number of halogens is 3. The highest BCUT2D eigenvalue weighted by atomic mass is 32.1. The highest BCUT2D eigenvalue weighted by molar-refractivity contribution is 7.09. The van der Waals surface area contributed by atoms with E-state index < -0.39 is 6.36 Å². The molecule has 20 heavy (non-hydrogen) atoms. The van der Waals surface area contributed by atoms with Crippen molar-refractivity contribution < 1.29 is 17.9 Å². The fourth-order valence-electron chi connectivity index (χ4n) is 1.67. The van der Waals surface area contributed by atoms with Gasteiger partial charge in [0.25, 0.3) is 0 Å². The Hall–Kier alpha value is -1.60. The Morgan fingerprint density at radius 3 is 2.75 bits per heavy atom. The van der Waals surface area contributed by atoms with Crippen LogP contribution in [-0.4, -0.2) is 17.9 Å². The molecule has 0 aliphatic rings. The maximum atomic E-state index is 12.2. The van der Waals surface area contributed by atoms with Crippen LogP contribution in [0.1, 0.15) is 10.6 Å². The van der Waals surface area contributed by atoms with Crippen molar-refractivity contribution in [3.8, 4) is 5.75 Å². The van der Waals surface area contributed by atoms with Crippen molar-refractivity contribution in [2.45, 2.75) is 19.3 Å². The van der Waals surface area contributed by atoms with E-state index in [2.05, 4.69) is 15.0 Å². The maximum Gasteiger partial charge on any atom is 0.573 e. The molecule has 1 heterocycles. The number of para-hydroxylation sites is 1. The summed E-state index contributed by atoms with van der Waals surface area (Å²) in [5, 5.41) is 5.97. The Morgan fingerprint density at radius 1 is 1.25 bits per heavy atom. The molecular weight excluding hydrogens is 289 g/mol. The third-order valence-corrected chi connectivity index (χ3v) is 3.35. The predicted molar refractivity (Wildman–Crippen MR) is 70.6 cm³/mol. The molecule has 0 atom stereocenters. The summed E-state index contributed by atoms with van der Waals surface area (Å²) < 4.78 is 40.7. The number of alkyl halides is 3. The number of ether oxygens (including phenoxy) is 1. The van der Waals surface area contributed by atoms with Crippen LogP contribution < -0.4 is 10.1 Å². The van der Waals surface area contributed by atoms with Crippen molar-refractivity contribution in [1.82, 2.24) is 10.3 Å².